The van der Waals surface area contributed by atoms with Crippen molar-refractivity contribution in [1.29, 1.82) is 0 Å². The van der Waals surface area contributed by atoms with Crippen LogP contribution >= 0.6 is 24.0 Å². The molecule has 10 heteroatoms. The summed E-state index contributed by atoms with van der Waals surface area (Å²) in [4.78, 5) is 17.3. The first-order valence-corrected chi connectivity index (χ1v) is 15.1. The molecule has 2 aliphatic rings. The molecule has 2 aliphatic heterocycles. The molecule has 3 rings (SSSR count). The van der Waals surface area contributed by atoms with Gasteiger partial charge in [-0.1, -0.05) is 87.1 Å². The van der Waals surface area contributed by atoms with Crippen molar-refractivity contribution in [3.8, 4) is 0 Å². The molecule has 2 heterocycles. The molecule has 0 spiro atoms. The number of allylic oxidation sites excluding steroid dienone is 6. The van der Waals surface area contributed by atoms with Crippen LogP contribution in [0.3, 0.4) is 0 Å². The van der Waals surface area contributed by atoms with Crippen LogP contribution in [0.2, 0.25) is 0 Å². The SMILES string of the molecule is CCCC(CCC)CN1C(=O)\C(=C/C=C/C=C2\C=CN(CCCS(=O)(=O)[O-])c3ccccc32)SC1=S.[Na+]. The minimum absolute atomic E-state index is 0. The van der Waals surface area contributed by atoms with Crippen molar-refractivity contribution in [2.45, 2.75) is 46.0 Å². The van der Waals surface area contributed by atoms with E-state index in [0.29, 0.717) is 28.2 Å². The smallest absolute Gasteiger partial charge is 0.748 e. The van der Waals surface area contributed by atoms with Crippen LogP contribution in [-0.4, -0.2) is 46.9 Å². The molecule has 0 atom stereocenters. The van der Waals surface area contributed by atoms with E-state index in [1.54, 1.807) is 4.90 Å². The predicted molar refractivity (Wildman–Crippen MR) is 153 cm³/mol. The molecule has 1 aromatic carbocycles. The third-order valence-corrected chi connectivity index (χ3v) is 8.28. The largest absolute Gasteiger partial charge is 1.00 e. The van der Waals surface area contributed by atoms with Crippen molar-refractivity contribution in [2.24, 2.45) is 5.92 Å². The maximum absolute atomic E-state index is 12.9. The molecule has 0 unspecified atom stereocenters. The zero-order valence-corrected chi connectivity index (χ0v) is 26.2. The fourth-order valence-electron chi connectivity index (χ4n) is 4.44. The van der Waals surface area contributed by atoms with Crippen LogP contribution in [0, 0.1) is 5.92 Å². The third kappa shape index (κ3) is 9.49. The molecule has 194 valence electrons. The summed E-state index contributed by atoms with van der Waals surface area (Å²) in [7, 11) is -4.22. The maximum Gasteiger partial charge on any atom is 1.00 e. The molecule has 0 N–H and O–H groups in total. The van der Waals surface area contributed by atoms with Crippen molar-refractivity contribution in [3.63, 3.8) is 0 Å². The standard InChI is InChI=1S/C27H34N2O4S3.Na/c1-3-10-21(11-4-2)20-29-26(30)25(35-27(29)34)15-8-5-12-22-16-18-28(17-9-19-36(31,32)33)24-14-7-6-13-23(22)24;/h5-8,12-16,18,21H,3-4,9-11,17,19-20H2,1-2H3,(H,31,32,33);/q;+1/p-1/b8-5+,22-12+,25-15+;. The Balaban J connectivity index is 0.00000481. The average Bonchev–Trinajstić information content (AvgIpc) is 3.09. The van der Waals surface area contributed by atoms with Gasteiger partial charge >= 0.3 is 29.6 Å². The number of hydrogen-bond donors (Lipinski definition) is 0. The van der Waals surface area contributed by atoms with Crippen molar-refractivity contribution in [1.82, 2.24) is 4.90 Å². The van der Waals surface area contributed by atoms with Crippen molar-refractivity contribution >= 4 is 55.6 Å². The molecule has 1 saturated heterocycles. The minimum Gasteiger partial charge on any atom is -0.748 e. The van der Waals surface area contributed by atoms with Crippen LogP contribution < -0.4 is 34.5 Å². The Labute approximate surface area is 253 Å². The number of amides is 1. The number of carbonyl (C=O) groups is 1. The van der Waals surface area contributed by atoms with E-state index in [0.717, 1.165) is 42.5 Å². The van der Waals surface area contributed by atoms with E-state index in [9.17, 15) is 17.8 Å². The summed E-state index contributed by atoms with van der Waals surface area (Å²) in [5.74, 6) is 0.0810. The summed E-state index contributed by atoms with van der Waals surface area (Å²) in [6.45, 7) is 5.48. The molecular formula is C27H33N2NaO4S3. The van der Waals surface area contributed by atoms with Gasteiger partial charge < -0.3 is 9.45 Å². The monoisotopic (exact) mass is 568 g/mol. The first-order chi connectivity index (χ1) is 17.2. The number of fused-ring (bicyclic) bond motifs is 1. The van der Waals surface area contributed by atoms with Gasteiger partial charge in [0.2, 0.25) is 0 Å². The quantitative estimate of drug-likeness (QED) is 0.166. The van der Waals surface area contributed by atoms with E-state index in [1.165, 1.54) is 11.8 Å². The average molecular weight is 569 g/mol. The molecule has 6 nitrogen and oxygen atoms in total. The Bertz CT molecular complexity index is 1190. The van der Waals surface area contributed by atoms with Gasteiger partial charge in [0, 0.05) is 36.3 Å². The van der Waals surface area contributed by atoms with E-state index in [1.807, 2.05) is 65.7 Å². The minimum atomic E-state index is -4.22. The number of thiocarbonyl (C=S) groups is 1. The Morgan fingerprint density at radius 3 is 2.46 bits per heavy atom. The van der Waals surface area contributed by atoms with Gasteiger partial charge in [-0.3, -0.25) is 9.69 Å². The molecule has 0 bridgehead atoms. The van der Waals surface area contributed by atoms with Crippen LogP contribution in [0.5, 0.6) is 0 Å². The number of thioether (sulfide) groups is 1. The fraction of sp³-hybridized carbons (Fsp3) is 0.407. The Morgan fingerprint density at radius 2 is 1.78 bits per heavy atom. The van der Waals surface area contributed by atoms with E-state index in [2.05, 4.69) is 13.8 Å². The van der Waals surface area contributed by atoms with E-state index in [-0.39, 0.29) is 47.6 Å². The van der Waals surface area contributed by atoms with Gasteiger partial charge in [0.1, 0.15) is 4.32 Å². The third-order valence-electron chi connectivity index (χ3n) is 6.09. The van der Waals surface area contributed by atoms with Gasteiger partial charge in [-0.05, 0) is 49.0 Å². The molecule has 37 heavy (non-hydrogen) atoms. The van der Waals surface area contributed by atoms with Gasteiger partial charge in [-0.15, -0.1) is 0 Å². The Morgan fingerprint density at radius 1 is 1.11 bits per heavy atom. The summed E-state index contributed by atoms with van der Waals surface area (Å²) >= 11 is 6.85. The normalized spacial score (nSPS) is 17.9. The molecular weight excluding hydrogens is 535 g/mol. The summed E-state index contributed by atoms with van der Waals surface area (Å²) in [5, 5.41) is 0. The summed E-state index contributed by atoms with van der Waals surface area (Å²) in [6, 6.07) is 7.85. The topological polar surface area (TPSA) is 80.8 Å². The number of carbonyl (C=O) groups excluding carboxylic acids is 1. The van der Waals surface area contributed by atoms with E-state index >= 15 is 0 Å². The van der Waals surface area contributed by atoms with Crippen LogP contribution in [0.1, 0.15) is 51.5 Å². The predicted octanol–water partition coefficient (Wildman–Crippen LogP) is 2.86. The van der Waals surface area contributed by atoms with Gasteiger partial charge in [0.05, 0.1) is 15.0 Å². The van der Waals surface area contributed by atoms with Crippen LogP contribution in [0.25, 0.3) is 5.57 Å². The summed E-state index contributed by atoms with van der Waals surface area (Å²) < 4.78 is 33.4. The summed E-state index contributed by atoms with van der Waals surface area (Å²) in [5.41, 5.74) is 2.97. The summed E-state index contributed by atoms with van der Waals surface area (Å²) in [6.07, 6.45) is 16.1. The van der Waals surface area contributed by atoms with Crippen molar-refractivity contribution in [2.75, 3.05) is 23.7 Å². The second-order valence-corrected chi connectivity index (χ2v) is 12.1. The molecule has 0 saturated carbocycles. The number of hydrogen-bond acceptors (Lipinski definition) is 7. The van der Waals surface area contributed by atoms with Gasteiger partial charge in [-0.2, -0.15) is 0 Å². The van der Waals surface area contributed by atoms with Crippen LogP contribution in [0.15, 0.2) is 65.8 Å². The van der Waals surface area contributed by atoms with Gasteiger partial charge in [-0.25, -0.2) is 8.42 Å². The number of nitrogens with zero attached hydrogens (tertiary/aromatic N) is 2. The number of benzene rings is 1. The first-order valence-electron chi connectivity index (χ1n) is 12.3. The molecule has 0 radical (unpaired) electrons. The first kappa shape index (κ1) is 32.0. The number of rotatable bonds is 12. The molecule has 1 amide bonds. The molecule has 1 fully saturated rings. The maximum atomic E-state index is 12.9. The molecule has 1 aromatic rings. The van der Waals surface area contributed by atoms with Crippen LogP contribution in [-0.2, 0) is 14.9 Å². The fourth-order valence-corrected chi connectivity index (χ4v) is 6.15. The second-order valence-electron chi connectivity index (χ2n) is 8.91. The van der Waals surface area contributed by atoms with E-state index < -0.39 is 10.1 Å². The second kappa shape index (κ2) is 15.4. The van der Waals surface area contributed by atoms with Crippen molar-refractivity contribution in [3.05, 3.63) is 71.3 Å². The number of anilines is 1. The zero-order chi connectivity index (χ0) is 26.1. The van der Waals surface area contributed by atoms with Crippen molar-refractivity contribution < 1.29 is 47.3 Å². The zero-order valence-electron chi connectivity index (χ0n) is 21.8. The molecule has 0 aromatic heterocycles. The van der Waals surface area contributed by atoms with E-state index in [4.69, 9.17) is 12.2 Å². The Hall–Kier alpha value is -1.20. The van der Waals surface area contributed by atoms with Gasteiger partial charge in [0.25, 0.3) is 5.91 Å². The Kier molecular flexibility index (Phi) is 13.3. The molecule has 0 aliphatic carbocycles. The number of para-hydroxylation sites is 1. The van der Waals surface area contributed by atoms with Gasteiger partial charge in [0.15, 0.2) is 0 Å². The van der Waals surface area contributed by atoms with Crippen LogP contribution in [0.4, 0.5) is 5.69 Å².